The summed E-state index contributed by atoms with van der Waals surface area (Å²) < 4.78 is 0. The fourth-order valence-electron chi connectivity index (χ4n) is 2.50. The van der Waals surface area contributed by atoms with Gasteiger partial charge in [-0.15, -0.1) is 0 Å². The zero-order valence-electron chi connectivity index (χ0n) is 11.5. The van der Waals surface area contributed by atoms with Crippen LogP contribution >= 0.6 is 0 Å². The first-order valence-electron chi connectivity index (χ1n) is 6.69. The number of carbonyl (C=O) groups is 1. The molecule has 1 unspecified atom stereocenters. The van der Waals surface area contributed by atoms with Crippen molar-refractivity contribution in [3.63, 3.8) is 0 Å². The summed E-state index contributed by atoms with van der Waals surface area (Å²) in [5.74, 6) is 0.0167. The van der Waals surface area contributed by atoms with Gasteiger partial charge in [0, 0.05) is 5.92 Å². The fraction of sp³-hybridized carbons (Fsp3) is 0.235. The quantitative estimate of drug-likeness (QED) is 0.598. The second-order valence-electron chi connectivity index (χ2n) is 5.61. The summed E-state index contributed by atoms with van der Waals surface area (Å²) in [5, 5.41) is 1.41. The second-order valence-corrected chi connectivity index (χ2v) is 10.4. The summed E-state index contributed by atoms with van der Waals surface area (Å²) in [7, 11) is -1.58. The second kappa shape index (κ2) is 5.98. The maximum atomic E-state index is 11.4. The van der Waals surface area contributed by atoms with Crippen molar-refractivity contribution >= 4 is 19.5 Å². The third-order valence-electron chi connectivity index (χ3n) is 3.68. The van der Waals surface area contributed by atoms with Gasteiger partial charge in [0.15, 0.2) is 0 Å². The normalized spacial score (nSPS) is 12.9. The van der Waals surface area contributed by atoms with E-state index in [4.69, 9.17) is 0 Å². The molecule has 2 aromatic rings. The molecule has 0 saturated heterocycles. The van der Waals surface area contributed by atoms with Crippen LogP contribution in [0.15, 0.2) is 60.7 Å². The molecule has 1 atom stereocenters. The summed E-state index contributed by atoms with van der Waals surface area (Å²) in [6.45, 7) is 4.67. The van der Waals surface area contributed by atoms with Crippen LogP contribution < -0.4 is 5.19 Å². The first kappa shape index (κ1) is 13.8. The molecule has 0 radical (unpaired) electrons. The van der Waals surface area contributed by atoms with Gasteiger partial charge in [0.05, 0.1) is 8.07 Å². The Balaban J connectivity index is 2.21. The van der Waals surface area contributed by atoms with Crippen molar-refractivity contribution in [3.8, 4) is 0 Å². The van der Waals surface area contributed by atoms with Crippen LogP contribution in [0.2, 0.25) is 19.1 Å². The Bertz CT molecular complexity index is 519. The number of carbonyl (C=O) groups excluding carboxylic acids is 1. The topological polar surface area (TPSA) is 17.1 Å². The molecular formula is C17H20OSi. The van der Waals surface area contributed by atoms with E-state index in [-0.39, 0.29) is 5.92 Å². The summed E-state index contributed by atoms with van der Waals surface area (Å²) >= 11 is 0. The Kier molecular flexibility index (Phi) is 4.33. The van der Waals surface area contributed by atoms with Gasteiger partial charge in [-0.2, -0.15) is 0 Å². The number of rotatable bonds is 5. The maximum absolute atomic E-state index is 11.4. The van der Waals surface area contributed by atoms with Crippen LogP contribution in [0.3, 0.4) is 0 Å². The van der Waals surface area contributed by atoms with E-state index < -0.39 is 8.07 Å². The zero-order chi connectivity index (χ0) is 13.7. The van der Waals surface area contributed by atoms with Crippen molar-refractivity contribution in [2.75, 3.05) is 0 Å². The average Bonchev–Trinajstić information content (AvgIpc) is 2.47. The monoisotopic (exact) mass is 268 g/mol. The van der Waals surface area contributed by atoms with Crippen molar-refractivity contribution in [2.45, 2.75) is 25.1 Å². The highest BCUT2D eigenvalue weighted by Gasteiger charge is 2.27. The Hall–Kier alpha value is -1.67. The van der Waals surface area contributed by atoms with E-state index in [9.17, 15) is 4.79 Å². The highest BCUT2D eigenvalue weighted by atomic mass is 28.3. The molecule has 0 amide bonds. The van der Waals surface area contributed by atoms with Crippen molar-refractivity contribution in [1.82, 2.24) is 0 Å². The summed E-state index contributed by atoms with van der Waals surface area (Å²) in [4.78, 5) is 11.4. The summed E-state index contributed by atoms with van der Waals surface area (Å²) in [6, 6.07) is 21.7. The Morgan fingerprint density at radius 2 is 1.47 bits per heavy atom. The molecule has 0 aliphatic rings. The summed E-state index contributed by atoms with van der Waals surface area (Å²) in [5.41, 5.74) is 1.13. The average molecular weight is 268 g/mol. The molecule has 1 nitrogen and oxygen atoms in total. The predicted octanol–water partition coefficient (Wildman–Crippen LogP) is 3.58. The minimum Gasteiger partial charge on any atom is -0.303 e. The number of hydrogen-bond acceptors (Lipinski definition) is 1. The van der Waals surface area contributed by atoms with Gasteiger partial charge in [0.2, 0.25) is 0 Å². The van der Waals surface area contributed by atoms with E-state index in [1.54, 1.807) is 0 Å². The molecule has 0 saturated carbocycles. The Morgan fingerprint density at radius 1 is 0.947 bits per heavy atom. The van der Waals surface area contributed by atoms with Crippen LogP contribution in [0.1, 0.15) is 11.5 Å². The van der Waals surface area contributed by atoms with Gasteiger partial charge in [-0.3, -0.25) is 0 Å². The lowest BCUT2D eigenvalue weighted by atomic mass is 10.0. The molecule has 2 rings (SSSR count). The number of aldehydes is 1. The lowest BCUT2D eigenvalue weighted by molar-refractivity contribution is -0.108. The highest BCUT2D eigenvalue weighted by molar-refractivity contribution is 6.90. The van der Waals surface area contributed by atoms with E-state index in [1.165, 1.54) is 5.19 Å². The smallest absolute Gasteiger partial charge is 0.127 e. The molecule has 0 spiro atoms. The summed E-state index contributed by atoms with van der Waals surface area (Å²) in [6.07, 6.45) is 1.10. The first-order chi connectivity index (χ1) is 9.13. The van der Waals surface area contributed by atoms with Crippen molar-refractivity contribution in [3.05, 3.63) is 66.2 Å². The number of benzene rings is 2. The van der Waals surface area contributed by atoms with Crippen molar-refractivity contribution in [2.24, 2.45) is 0 Å². The van der Waals surface area contributed by atoms with Crippen LogP contribution in [0.5, 0.6) is 0 Å². The molecule has 0 heterocycles. The number of hydrogen-bond donors (Lipinski definition) is 0. The lowest BCUT2D eigenvalue weighted by Gasteiger charge is -2.26. The van der Waals surface area contributed by atoms with E-state index in [2.05, 4.69) is 49.5 Å². The third kappa shape index (κ3) is 3.41. The van der Waals surface area contributed by atoms with E-state index >= 15 is 0 Å². The van der Waals surface area contributed by atoms with E-state index in [0.29, 0.717) is 0 Å². The van der Waals surface area contributed by atoms with Crippen LogP contribution in [0, 0.1) is 0 Å². The molecule has 19 heavy (non-hydrogen) atoms. The van der Waals surface area contributed by atoms with Crippen molar-refractivity contribution in [1.29, 1.82) is 0 Å². The van der Waals surface area contributed by atoms with Gasteiger partial charge < -0.3 is 4.79 Å². The molecule has 2 heteroatoms. The van der Waals surface area contributed by atoms with E-state index in [1.807, 2.05) is 24.3 Å². The molecular weight excluding hydrogens is 248 g/mol. The minimum atomic E-state index is -1.58. The molecule has 0 aliphatic heterocycles. The molecule has 0 bridgehead atoms. The van der Waals surface area contributed by atoms with Gasteiger partial charge in [0.1, 0.15) is 6.29 Å². The fourth-order valence-corrected chi connectivity index (χ4v) is 5.26. The first-order valence-corrected chi connectivity index (χ1v) is 9.90. The lowest BCUT2D eigenvalue weighted by Crippen LogP contribution is -2.42. The van der Waals surface area contributed by atoms with Crippen LogP contribution in [0.25, 0.3) is 0 Å². The SMILES string of the molecule is C[Si](C)(CC(C=O)c1ccccc1)c1ccccc1. The van der Waals surface area contributed by atoms with Gasteiger partial charge >= 0.3 is 0 Å². The molecule has 2 aromatic carbocycles. The minimum absolute atomic E-state index is 0.0167. The zero-order valence-corrected chi connectivity index (χ0v) is 12.5. The van der Waals surface area contributed by atoms with Gasteiger partial charge in [-0.25, -0.2) is 0 Å². The Labute approximate surface area is 116 Å². The van der Waals surface area contributed by atoms with Crippen LogP contribution in [-0.4, -0.2) is 14.4 Å². The molecule has 0 aliphatic carbocycles. The van der Waals surface area contributed by atoms with Gasteiger partial charge in [-0.1, -0.05) is 78.9 Å². The van der Waals surface area contributed by atoms with Gasteiger partial charge in [0.25, 0.3) is 0 Å². The van der Waals surface area contributed by atoms with Crippen molar-refractivity contribution < 1.29 is 4.79 Å². The maximum Gasteiger partial charge on any atom is 0.127 e. The predicted molar refractivity (Wildman–Crippen MR) is 83.6 cm³/mol. The third-order valence-corrected chi connectivity index (χ3v) is 7.03. The molecule has 98 valence electrons. The molecule has 0 N–H and O–H groups in total. The Morgan fingerprint density at radius 3 is 2.00 bits per heavy atom. The highest BCUT2D eigenvalue weighted by Crippen LogP contribution is 2.24. The van der Waals surface area contributed by atoms with Crippen LogP contribution in [-0.2, 0) is 4.79 Å². The largest absolute Gasteiger partial charge is 0.303 e. The van der Waals surface area contributed by atoms with Gasteiger partial charge in [-0.05, 0) is 11.6 Å². The standard InChI is InChI=1S/C17H20OSi/c1-19(2,17-11-7-4-8-12-17)14-16(13-18)15-9-5-3-6-10-15/h3-13,16H,14H2,1-2H3. The van der Waals surface area contributed by atoms with Crippen LogP contribution in [0.4, 0.5) is 0 Å². The van der Waals surface area contributed by atoms with E-state index in [0.717, 1.165) is 17.9 Å². The molecule has 0 aromatic heterocycles. The molecule has 0 fully saturated rings.